The standard InChI is InChI=1S/C22H19N3O3S/c26-20(16-29-22-24-23-21(28-22)19-12-7-13-27-19)25(14-17-8-3-1-4-9-17)15-18-10-5-2-6-11-18/h1-13H,14-16H2. The fraction of sp³-hybridized carbons (Fsp3) is 0.136. The minimum absolute atomic E-state index is 0.000421. The molecule has 0 bridgehead atoms. The van der Waals surface area contributed by atoms with Crippen molar-refractivity contribution in [2.45, 2.75) is 18.3 Å². The predicted octanol–water partition coefficient (Wildman–Crippen LogP) is 4.65. The first-order valence-corrected chi connectivity index (χ1v) is 10.1. The molecule has 2 aromatic carbocycles. The Morgan fingerprint density at radius 1 is 0.862 bits per heavy atom. The number of carbonyl (C=O) groups is 1. The molecule has 2 aromatic heterocycles. The van der Waals surface area contributed by atoms with E-state index >= 15 is 0 Å². The summed E-state index contributed by atoms with van der Waals surface area (Å²) in [6, 6.07) is 23.4. The van der Waals surface area contributed by atoms with Crippen LogP contribution in [0.2, 0.25) is 0 Å². The van der Waals surface area contributed by atoms with Gasteiger partial charge in [-0.1, -0.05) is 72.4 Å². The smallest absolute Gasteiger partial charge is 0.284 e. The summed E-state index contributed by atoms with van der Waals surface area (Å²) in [5, 5.41) is 8.28. The molecule has 7 heteroatoms. The Labute approximate surface area is 172 Å². The molecule has 6 nitrogen and oxygen atoms in total. The van der Waals surface area contributed by atoms with Crippen molar-refractivity contribution in [1.82, 2.24) is 15.1 Å². The summed E-state index contributed by atoms with van der Waals surface area (Å²) >= 11 is 1.22. The lowest BCUT2D eigenvalue weighted by molar-refractivity contribution is -0.129. The van der Waals surface area contributed by atoms with Crippen LogP contribution in [0.1, 0.15) is 11.1 Å². The van der Waals surface area contributed by atoms with Gasteiger partial charge in [0.15, 0.2) is 5.76 Å². The first kappa shape index (κ1) is 19.0. The van der Waals surface area contributed by atoms with Crippen molar-refractivity contribution in [3.05, 3.63) is 90.2 Å². The third kappa shape index (κ3) is 5.14. The highest BCUT2D eigenvalue weighted by molar-refractivity contribution is 7.99. The first-order chi connectivity index (χ1) is 14.3. The van der Waals surface area contributed by atoms with E-state index in [1.165, 1.54) is 11.8 Å². The number of nitrogens with zero attached hydrogens (tertiary/aromatic N) is 3. The quantitative estimate of drug-likeness (QED) is 0.397. The number of carbonyl (C=O) groups excluding carboxylic acids is 1. The molecule has 0 aliphatic heterocycles. The van der Waals surface area contributed by atoms with E-state index in [0.717, 1.165) is 11.1 Å². The Morgan fingerprint density at radius 3 is 2.10 bits per heavy atom. The van der Waals surface area contributed by atoms with E-state index in [-0.39, 0.29) is 11.7 Å². The van der Waals surface area contributed by atoms with Gasteiger partial charge in [-0.3, -0.25) is 4.79 Å². The van der Waals surface area contributed by atoms with Crippen LogP contribution < -0.4 is 0 Å². The maximum absolute atomic E-state index is 13.0. The molecule has 0 atom stereocenters. The summed E-state index contributed by atoms with van der Waals surface area (Å²) in [5.41, 5.74) is 2.17. The minimum atomic E-state index is 0.000421. The van der Waals surface area contributed by atoms with Crippen molar-refractivity contribution in [3.63, 3.8) is 0 Å². The zero-order valence-corrected chi connectivity index (χ0v) is 16.4. The van der Waals surface area contributed by atoms with Crippen molar-refractivity contribution < 1.29 is 13.6 Å². The van der Waals surface area contributed by atoms with Gasteiger partial charge in [0.1, 0.15) is 0 Å². The number of rotatable bonds is 8. The van der Waals surface area contributed by atoms with Gasteiger partial charge in [0.2, 0.25) is 5.91 Å². The minimum Gasteiger partial charge on any atom is -0.459 e. The highest BCUT2D eigenvalue weighted by Crippen LogP contribution is 2.24. The lowest BCUT2D eigenvalue weighted by atomic mass is 10.1. The van der Waals surface area contributed by atoms with Crippen LogP contribution in [0.15, 0.2) is 93.1 Å². The maximum atomic E-state index is 13.0. The molecule has 0 N–H and O–H groups in total. The van der Waals surface area contributed by atoms with E-state index < -0.39 is 0 Å². The average molecular weight is 405 g/mol. The number of aromatic nitrogens is 2. The van der Waals surface area contributed by atoms with Crippen molar-refractivity contribution >= 4 is 17.7 Å². The molecule has 0 saturated heterocycles. The lowest BCUT2D eigenvalue weighted by Crippen LogP contribution is -2.31. The van der Waals surface area contributed by atoms with E-state index in [4.69, 9.17) is 8.83 Å². The third-order valence-corrected chi connectivity index (χ3v) is 5.05. The van der Waals surface area contributed by atoms with Crippen LogP contribution >= 0.6 is 11.8 Å². The largest absolute Gasteiger partial charge is 0.459 e. The van der Waals surface area contributed by atoms with Gasteiger partial charge in [0.25, 0.3) is 11.1 Å². The first-order valence-electron chi connectivity index (χ1n) is 9.14. The van der Waals surface area contributed by atoms with Crippen LogP contribution in [0.4, 0.5) is 0 Å². The summed E-state index contributed by atoms with van der Waals surface area (Å²) in [5.74, 6) is 1.01. The second kappa shape index (κ2) is 9.25. The molecule has 0 aliphatic rings. The van der Waals surface area contributed by atoms with Gasteiger partial charge in [-0.25, -0.2) is 0 Å². The van der Waals surface area contributed by atoms with E-state index in [1.807, 2.05) is 65.6 Å². The molecule has 2 heterocycles. The lowest BCUT2D eigenvalue weighted by Gasteiger charge is -2.23. The number of hydrogen-bond acceptors (Lipinski definition) is 6. The number of thioether (sulfide) groups is 1. The van der Waals surface area contributed by atoms with E-state index in [0.29, 0.717) is 30.0 Å². The maximum Gasteiger partial charge on any atom is 0.284 e. The molecule has 0 radical (unpaired) electrons. The molecule has 0 spiro atoms. The average Bonchev–Trinajstić information content (AvgIpc) is 3.45. The zero-order chi connectivity index (χ0) is 19.9. The molecular weight excluding hydrogens is 386 g/mol. The van der Waals surface area contributed by atoms with Crippen LogP contribution in [0.3, 0.4) is 0 Å². The zero-order valence-electron chi connectivity index (χ0n) is 15.6. The molecule has 0 fully saturated rings. The van der Waals surface area contributed by atoms with Crippen LogP contribution in [-0.4, -0.2) is 26.8 Å². The van der Waals surface area contributed by atoms with Crippen LogP contribution in [0, 0.1) is 0 Å². The number of furan rings is 1. The summed E-state index contributed by atoms with van der Waals surface area (Å²) in [6.07, 6.45) is 1.54. The summed E-state index contributed by atoms with van der Waals surface area (Å²) in [6.45, 7) is 1.08. The van der Waals surface area contributed by atoms with Crippen LogP contribution in [-0.2, 0) is 17.9 Å². The van der Waals surface area contributed by atoms with Gasteiger partial charge in [-0.15, -0.1) is 10.2 Å². The SMILES string of the molecule is O=C(CSc1nnc(-c2ccco2)o1)N(Cc1ccccc1)Cc1ccccc1. The molecular formula is C22H19N3O3S. The van der Waals surface area contributed by atoms with Crippen LogP contribution in [0.25, 0.3) is 11.7 Å². The molecule has 0 aliphatic carbocycles. The molecule has 4 rings (SSSR count). The highest BCUT2D eigenvalue weighted by Gasteiger charge is 2.18. The number of amides is 1. The highest BCUT2D eigenvalue weighted by atomic mass is 32.2. The Morgan fingerprint density at radius 2 is 1.52 bits per heavy atom. The summed E-state index contributed by atoms with van der Waals surface area (Å²) in [4.78, 5) is 14.8. The van der Waals surface area contributed by atoms with Crippen molar-refractivity contribution in [2.75, 3.05) is 5.75 Å². The number of hydrogen-bond donors (Lipinski definition) is 0. The second-order valence-electron chi connectivity index (χ2n) is 6.36. The predicted molar refractivity (Wildman–Crippen MR) is 110 cm³/mol. The summed E-state index contributed by atoms with van der Waals surface area (Å²) in [7, 11) is 0. The van der Waals surface area contributed by atoms with Gasteiger partial charge < -0.3 is 13.7 Å². The fourth-order valence-corrected chi connectivity index (χ4v) is 3.49. The van der Waals surface area contributed by atoms with E-state index in [2.05, 4.69) is 10.2 Å². The van der Waals surface area contributed by atoms with E-state index in [9.17, 15) is 4.79 Å². The van der Waals surface area contributed by atoms with Gasteiger partial charge in [-0.05, 0) is 23.3 Å². The second-order valence-corrected chi connectivity index (χ2v) is 7.29. The van der Waals surface area contributed by atoms with Gasteiger partial charge in [0.05, 0.1) is 12.0 Å². The molecule has 1 amide bonds. The van der Waals surface area contributed by atoms with Gasteiger partial charge in [0, 0.05) is 13.1 Å². The van der Waals surface area contributed by atoms with E-state index in [1.54, 1.807) is 18.4 Å². The fourth-order valence-electron chi connectivity index (χ4n) is 2.82. The van der Waals surface area contributed by atoms with Crippen molar-refractivity contribution in [3.8, 4) is 11.7 Å². The molecule has 0 saturated carbocycles. The molecule has 4 aromatic rings. The normalized spacial score (nSPS) is 10.8. The molecule has 146 valence electrons. The van der Waals surface area contributed by atoms with Crippen molar-refractivity contribution in [1.29, 1.82) is 0 Å². The number of benzene rings is 2. The Kier molecular flexibility index (Phi) is 6.07. The molecule has 29 heavy (non-hydrogen) atoms. The van der Waals surface area contributed by atoms with Crippen molar-refractivity contribution in [2.24, 2.45) is 0 Å². The van der Waals surface area contributed by atoms with Gasteiger partial charge >= 0.3 is 0 Å². The van der Waals surface area contributed by atoms with Gasteiger partial charge in [-0.2, -0.15) is 0 Å². The monoisotopic (exact) mass is 405 g/mol. The third-order valence-electron chi connectivity index (χ3n) is 4.24. The Hall–Kier alpha value is -3.32. The Balaban J connectivity index is 1.43. The van der Waals surface area contributed by atoms with Crippen LogP contribution in [0.5, 0.6) is 0 Å². The Bertz CT molecular complexity index is 992. The topological polar surface area (TPSA) is 72.4 Å². The molecule has 0 unspecified atom stereocenters. The summed E-state index contributed by atoms with van der Waals surface area (Å²) < 4.78 is 10.8.